The van der Waals surface area contributed by atoms with Crippen molar-refractivity contribution < 1.29 is 23.4 Å². The van der Waals surface area contributed by atoms with Gasteiger partial charge in [-0.2, -0.15) is 0 Å². The van der Waals surface area contributed by atoms with Gasteiger partial charge in [0.1, 0.15) is 5.58 Å². The average Bonchev–Trinajstić information content (AvgIpc) is 3.28. The summed E-state index contributed by atoms with van der Waals surface area (Å²) in [4.78, 5) is 14.7. The van der Waals surface area contributed by atoms with Crippen LogP contribution >= 0.6 is 0 Å². The molecule has 0 amide bonds. The highest BCUT2D eigenvalue weighted by molar-refractivity contribution is 5.96. The number of furan rings is 1. The number of carbonyl (C=O) groups is 1. The molecule has 1 aromatic heterocycles. The Morgan fingerprint density at radius 2 is 1.93 bits per heavy atom. The molecular formula is C21H27NO5. The number of para-hydroxylation sites is 1. The molecule has 1 aromatic carbocycles. The molecule has 0 atom stereocenters. The van der Waals surface area contributed by atoms with Crippen LogP contribution in [0.2, 0.25) is 0 Å². The Kier molecular flexibility index (Phi) is 5.21. The zero-order valence-electron chi connectivity index (χ0n) is 16.0. The number of piperidine rings is 1. The fourth-order valence-corrected chi connectivity index (χ4v) is 4.22. The number of esters is 1. The predicted octanol–water partition coefficient (Wildman–Crippen LogP) is 3.58. The van der Waals surface area contributed by atoms with Gasteiger partial charge in [0.2, 0.25) is 5.76 Å². The van der Waals surface area contributed by atoms with E-state index in [0.29, 0.717) is 38.0 Å². The summed E-state index contributed by atoms with van der Waals surface area (Å²) in [5, 5.41) is 0.983. The minimum atomic E-state index is -0.440. The van der Waals surface area contributed by atoms with Crippen LogP contribution in [0.15, 0.2) is 28.7 Å². The van der Waals surface area contributed by atoms with Crippen LogP contribution in [0.4, 0.5) is 0 Å². The Morgan fingerprint density at radius 1 is 1.22 bits per heavy atom. The highest BCUT2D eigenvalue weighted by Crippen LogP contribution is 2.36. The molecule has 2 fully saturated rings. The average molecular weight is 373 g/mol. The summed E-state index contributed by atoms with van der Waals surface area (Å²) in [6.45, 7) is 8.11. The number of ether oxygens (including phenoxy) is 3. The molecule has 0 aliphatic carbocycles. The molecule has 0 bridgehead atoms. The van der Waals surface area contributed by atoms with Gasteiger partial charge in [-0.1, -0.05) is 18.2 Å². The van der Waals surface area contributed by atoms with Crippen molar-refractivity contribution in [3.63, 3.8) is 0 Å². The molecule has 146 valence electrons. The fraction of sp³-hybridized carbons (Fsp3) is 0.571. The highest BCUT2D eigenvalue weighted by Gasteiger charge is 2.41. The maximum absolute atomic E-state index is 12.4. The number of nitrogens with zero attached hydrogens (tertiary/aromatic N) is 1. The normalized spacial score (nSPS) is 21.0. The van der Waals surface area contributed by atoms with Gasteiger partial charge in [-0.3, -0.25) is 4.90 Å². The molecule has 0 saturated carbocycles. The Morgan fingerprint density at radius 3 is 2.63 bits per heavy atom. The van der Waals surface area contributed by atoms with E-state index in [0.717, 1.165) is 42.5 Å². The SMILES string of the molecule is CCOC(=O)c1oc2ccccc2c1CN1CCC(C2(C)OCCO2)CC1. The fourth-order valence-electron chi connectivity index (χ4n) is 4.22. The Bertz CT molecular complexity index is 800. The molecule has 6 heteroatoms. The Balaban J connectivity index is 1.50. The number of hydrogen-bond acceptors (Lipinski definition) is 6. The van der Waals surface area contributed by atoms with Crippen LogP contribution in [-0.2, 0) is 20.8 Å². The summed E-state index contributed by atoms with van der Waals surface area (Å²) in [5.74, 6) is -0.0971. The third-order valence-corrected chi connectivity index (χ3v) is 5.73. The van der Waals surface area contributed by atoms with E-state index in [1.165, 1.54) is 0 Å². The maximum Gasteiger partial charge on any atom is 0.374 e. The van der Waals surface area contributed by atoms with Gasteiger partial charge < -0.3 is 18.6 Å². The maximum atomic E-state index is 12.4. The molecule has 6 nitrogen and oxygen atoms in total. The quantitative estimate of drug-likeness (QED) is 0.747. The molecule has 2 aliphatic rings. The number of benzene rings is 1. The van der Waals surface area contributed by atoms with E-state index in [2.05, 4.69) is 11.8 Å². The van der Waals surface area contributed by atoms with Crippen molar-refractivity contribution >= 4 is 16.9 Å². The topological polar surface area (TPSA) is 61.1 Å². The smallest absolute Gasteiger partial charge is 0.374 e. The van der Waals surface area contributed by atoms with Crippen molar-refractivity contribution in [1.29, 1.82) is 0 Å². The number of hydrogen-bond donors (Lipinski definition) is 0. The summed E-state index contributed by atoms with van der Waals surface area (Å²) in [6.07, 6.45) is 2.03. The monoisotopic (exact) mass is 373 g/mol. The van der Waals surface area contributed by atoms with Crippen LogP contribution in [-0.4, -0.2) is 49.6 Å². The zero-order valence-corrected chi connectivity index (χ0v) is 16.0. The van der Waals surface area contributed by atoms with Gasteiger partial charge in [0.25, 0.3) is 0 Å². The van der Waals surface area contributed by atoms with E-state index in [1.54, 1.807) is 6.92 Å². The van der Waals surface area contributed by atoms with Crippen molar-refractivity contribution in [2.45, 2.75) is 39.0 Å². The lowest BCUT2D eigenvalue weighted by atomic mass is 9.89. The largest absolute Gasteiger partial charge is 0.460 e. The van der Waals surface area contributed by atoms with E-state index < -0.39 is 5.79 Å². The molecule has 2 saturated heterocycles. The first-order chi connectivity index (χ1) is 13.1. The molecular weight excluding hydrogens is 346 g/mol. The number of carbonyl (C=O) groups excluding carboxylic acids is 1. The number of fused-ring (bicyclic) bond motifs is 1. The summed E-state index contributed by atoms with van der Waals surface area (Å²) in [6, 6.07) is 7.78. The lowest BCUT2D eigenvalue weighted by molar-refractivity contribution is -0.190. The standard InChI is InChI=1S/C21H27NO5/c1-3-24-20(23)19-17(16-6-4-5-7-18(16)27-19)14-22-10-8-15(9-11-22)21(2)25-12-13-26-21/h4-7,15H,3,8-14H2,1-2H3. The minimum absolute atomic E-state index is 0.328. The van der Waals surface area contributed by atoms with Crippen LogP contribution in [0.25, 0.3) is 11.0 Å². The Hall–Kier alpha value is -1.89. The molecule has 0 N–H and O–H groups in total. The predicted molar refractivity (Wildman–Crippen MR) is 100 cm³/mol. The summed E-state index contributed by atoms with van der Waals surface area (Å²) < 4.78 is 22.7. The molecule has 0 unspecified atom stereocenters. The van der Waals surface area contributed by atoms with Crippen molar-refractivity contribution in [1.82, 2.24) is 4.90 Å². The third kappa shape index (κ3) is 3.61. The first-order valence-electron chi connectivity index (χ1n) is 9.78. The third-order valence-electron chi connectivity index (χ3n) is 5.73. The van der Waals surface area contributed by atoms with Crippen molar-refractivity contribution in [3.8, 4) is 0 Å². The second-order valence-corrected chi connectivity index (χ2v) is 7.39. The molecule has 0 radical (unpaired) electrons. The molecule has 0 spiro atoms. The highest BCUT2D eigenvalue weighted by atomic mass is 16.7. The Labute approximate surface area is 159 Å². The van der Waals surface area contributed by atoms with E-state index in [-0.39, 0.29) is 5.97 Å². The van der Waals surface area contributed by atoms with Gasteiger partial charge in [0.05, 0.1) is 19.8 Å². The number of likely N-dealkylation sites (tertiary alicyclic amines) is 1. The van der Waals surface area contributed by atoms with Crippen molar-refractivity contribution in [2.24, 2.45) is 5.92 Å². The van der Waals surface area contributed by atoms with Gasteiger partial charge >= 0.3 is 5.97 Å². The van der Waals surface area contributed by atoms with Crippen molar-refractivity contribution in [2.75, 3.05) is 32.9 Å². The molecule has 2 aromatic rings. The lowest BCUT2D eigenvalue weighted by Gasteiger charge is -2.39. The van der Waals surface area contributed by atoms with Crippen LogP contribution in [0, 0.1) is 5.92 Å². The molecule has 4 rings (SSSR count). The van der Waals surface area contributed by atoms with Crippen molar-refractivity contribution in [3.05, 3.63) is 35.6 Å². The van der Waals surface area contributed by atoms with Crippen LogP contribution in [0.5, 0.6) is 0 Å². The minimum Gasteiger partial charge on any atom is -0.460 e. The van der Waals surface area contributed by atoms with E-state index in [4.69, 9.17) is 18.6 Å². The summed E-state index contributed by atoms with van der Waals surface area (Å²) >= 11 is 0. The molecule has 3 heterocycles. The number of rotatable bonds is 5. The summed E-state index contributed by atoms with van der Waals surface area (Å²) in [5.41, 5.74) is 1.65. The zero-order chi connectivity index (χ0) is 18.9. The van der Waals surface area contributed by atoms with E-state index in [1.807, 2.05) is 24.3 Å². The summed E-state index contributed by atoms with van der Waals surface area (Å²) in [7, 11) is 0. The van der Waals surface area contributed by atoms with Crippen LogP contribution in [0.1, 0.15) is 42.8 Å². The van der Waals surface area contributed by atoms with Gasteiger partial charge in [-0.15, -0.1) is 0 Å². The van der Waals surface area contributed by atoms with Gasteiger partial charge in [-0.05, 0) is 45.8 Å². The molecule has 2 aliphatic heterocycles. The first kappa shape index (κ1) is 18.5. The first-order valence-corrected chi connectivity index (χ1v) is 9.78. The van der Waals surface area contributed by atoms with Gasteiger partial charge in [0.15, 0.2) is 5.79 Å². The second kappa shape index (κ2) is 7.62. The van der Waals surface area contributed by atoms with E-state index >= 15 is 0 Å². The van der Waals surface area contributed by atoms with Crippen LogP contribution in [0.3, 0.4) is 0 Å². The van der Waals surface area contributed by atoms with Gasteiger partial charge in [0, 0.05) is 23.4 Å². The second-order valence-electron chi connectivity index (χ2n) is 7.39. The van der Waals surface area contributed by atoms with E-state index in [9.17, 15) is 4.79 Å². The van der Waals surface area contributed by atoms with Gasteiger partial charge in [-0.25, -0.2) is 4.79 Å². The molecule has 27 heavy (non-hydrogen) atoms. The van der Waals surface area contributed by atoms with Crippen LogP contribution < -0.4 is 0 Å². The lowest BCUT2D eigenvalue weighted by Crippen LogP contribution is -2.44.